The topological polar surface area (TPSA) is 71.3 Å². The standard InChI is InChI=1S/C16H20N2O3/c1-3-6-13(16(20)21)17-15(19)10-18-11(2)9-12-7-4-5-8-14(12)18/h4-5,7-9,13H,3,6,10H2,1-2H3,(H,17,19)(H,20,21)/t13-/m1/s1. The molecule has 1 aromatic heterocycles. The number of aliphatic carboxylic acids is 1. The van der Waals surface area contributed by atoms with Crippen LogP contribution in [-0.2, 0) is 16.1 Å². The molecule has 0 saturated heterocycles. The Morgan fingerprint density at radius 3 is 2.71 bits per heavy atom. The summed E-state index contributed by atoms with van der Waals surface area (Å²) in [5.41, 5.74) is 1.96. The average Bonchev–Trinajstić information content (AvgIpc) is 2.75. The molecular weight excluding hydrogens is 268 g/mol. The van der Waals surface area contributed by atoms with Crippen molar-refractivity contribution in [1.82, 2.24) is 9.88 Å². The van der Waals surface area contributed by atoms with Crippen LogP contribution in [0.5, 0.6) is 0 Å². The maximum absolute atomic E-state index is 12.1. The molecule has 2 N–H and O–H groups in total. The summed E-state index contributed by atoms with van der Waals surface area (Å²) in [6.45, 7) is 3.96. The van der Waals surface area contributed by atoms with Gasteiger partial charge in [0.25, 0.3) is 0 Å². The first-order valence-corrected chi connectivity index (χ1v) is 7.10. The SMILES string of the molecule is CCC[C@@H](NC(=O)Cn1c(C)cc2ccccc21)C(=O)O. The highest BCUT2D eigenvalue weighted by atomic mass is 16.4. The van der Waals surface area contributed by atoms with Crippen LogP contribution in [0.3, 0.4) is 0 Å². The molecule has 1 aromatic carbocycles. The maximum Gasteiger partial charge on any atom is 0.326 e. The largest absolute Gasteiger partial charge is 0.480 e. The monoisotopic (exact) mass is 288 g/mol. The number of para-hydroxylation sites is 1. The molecule has 0 radical (unpaired) electrons. The van der Waals surface area contributed by atoms with Crippen molar-refractivity contribution < 1.29 is 14.7 Å². The van der Waals surface area contributed by atoms with Gasteiger partial charge >= 0.3 is 5.97 Å². The number of rotatable bonds is 6. The molecule has 0 aliphatic rings. The van der Waals surface area contributed by atoms with Gasteiger partial charge in [0.2, 0.25) is 5.91 Å². The van der Waals surface area contributed by atoms with Crippen LogP contribution in [-0.4, -0.2) is 27.6 Å². The van der Waals surface area contributed by atoms with Crippen molar-refractivity contribution in [3.8, 4) is 0 Å². The van der Waals surface area contributed by atoms with Gasteiger partial charge in [0.05, 0.1) is 0 Å². The lowest BCUT2D eigenvalue weighted by atomic mass is 10.1. The number of carboxylic acid groups (broad SMARTS) is 1. The number of carbonyl (C=O) groups is 2. The van der Waals surface area contributed by atoms with Gasteiger partial charge in [0.15, 0.2) is 0 Å². The maximum atomic E-state index is 12.1. The number of benzene rings is 1. The van der Waals surface area contributed by atoms with E-state index in [-0.39, 0.29) is 12.5 Å². The number of carbonyl (C=O) groups excluding carboxylic acids is 1. The molecule has 0 aliphatic heterocycles. The molecule has 112 valence electrons. The van der Waals surface area contributed by atoms with Crippen LogP contribution in [0.4, 0.5) is 0 Å². The van der Waals surface area contributed by atoms with E-state index in [2.05, 4.69) is 5.32 Å². The number of aromatic nitrogens is 1. The number of amides is 1. The summed E-state index contributed by atoms with van der Waals surface area (Å²) in [5.74, 6) is -1.26. The first kappa shape index (κ1) is 15.1. The third-order valence-electron chi connectivity index (χ3n) is 3.53. The van der Waals surface area contributed by atoms with E-state index >= 15 is 0 Å². The summed E-state index contributed by atoms with van der Waals surface area (Å²) >= 11 is 0. The summed E-state index contributed by atoms with van der Waals surface area (Å²) < 4.78 is 1.90. The predicted octanol–water partition coefficient (Wildman–Crippen LogP) is 2.32. The van der Waals surface area contributed by atoms with Gasteiger partial charge in [-0.2, -0.15) is 0 Å². The highest BCUT2D eigenvalue weighted by Crippen LogP contribution is 2.18. The van der Waals surface area contributed by atoms with E-state index in [0.717, 1.165) is 16.6 Å². The molecule has 0 saturated carbocycles. The highest BCUT2D eigenvalue weighted by Gasteiger charge is 2.19. The number of hydrogen-bond acceptors (Lipinski definition) is 2. The van der Waals surface area contributed by atoms with Gasteiger partial charge in [-0.3, -0.25) is 4.79 Å². The lowest BCUT2D eigenvalue weighted by Gasteiger charge is -2.15. The van der Waals surface area contributed by atoms with Crippen molar-refractivity contribution in [3.05, 3.63) is 36.0 Å². The molecule has 0 fully saturated rings. The van der Waals surface area contributed by atoms with Gasteiger partial charge in [-0.25, -0.2) is 4.79 Å². The molecule has 1 amide bonds. The van der Waals surface area contributed by atoms with E-state index < -0.39 is 12.0 Å². The van der Waals surface area contributed by atoms with Gasteiger partial charge in [-0.05, 0) is 30.9 Å². The molecular formula is C16H20N2O3. The first-order valence-electron chi connectivity index (χ1n) is 7.10. The summed E-state index contributed by atoms with van der Waals surface area (Å²) in [6.07, 6.45) is 1.15. The second kappa shape index (κ2) is 6.43. The molecule has 5 nitrogen and oxygen atoms in total. The molecule has 0 unspecified atom stereocenters. The average molecular weight is 288 g/mol. The Labute approximate surface area is 123 Å². The Morgan fingerprint density at radius 1 is 1.33 bits per heavy atom. The normalized spacial score (nSPS) is 12.3. The van der Waals surface area contributed by atoms with Gasteiger partial charge < -0.3 is 15.0 Å². The van der Waals surface area contributed by atoms with Gasteiger partial charge in [-0.1, -0.05) is 31.5 Å². The lowest BCUT2D eigenvalue weighted by molar-refractivity contribution is -0.142. The van der Waals surface area contributed by atoms with Crippen LogP contribution in [0.1, 0.15) is 25.5 Å². The summed E-state index contributed by atoms with van der Waals surface area (Å²) in [6, 6.07) is 9.03. The lowest BCUT2D eigenvalue weighted by Crippen LogP contribution is -2.42. The fourth-order valence-corrected chi connectivity index (χ4v) is 2.49. The Kier molecular flexibility index (Phi) is 4.62. The van der Waals surface area contributed by atoms with Gasteiger partial charge in [0.1, 0.15) is 12.6 Å². The Hall–Kier alpha value is -2.30. The Bertz CT molecular complexity index is 661. The molecule has 5 heteroatoms. The van der Waals surface area contributed by atoms with E-state index in [0.29, 0.717) is 12.8 Å². The number of carboxylic acids is 1. The molecule has 1 atom stereocenters. The van der Waals surface area contributed by atoms with E-state index in [1.54, 1.807) is 0 Å². The molecule has 2 rings (SSSR count). The van der Waals surface area contributed by atoms with E-state index in [9.17, 15) is 9.59 Å². The number of hydrogen-bond donors (Lipinski definition) is 2. The van der Waals surface area contributed by atoms with Crippen molar-refractivity contribution in [2.75, 3.05) is 0 Å². The molecule has 2 aromatic rings. The van der Waals surface area contributed by atoms with Crippen LogP contribution in [0, 0.1) is 6.92 Å². The van der Waals surface area contributed by atoms with E-state index in [1.165, 1.54) is 0 Å². The summed E-state index contributed by atoms with van der Waals surface area (Å²) in [5, 5.41) is 12.7. The number of fused-ring (bicyclic) bond motifs is 1. The third-order valence-corrected chi connectivity index (χ3v) is 3.53. The van der Waals surface area contributed by atoms with Crippen LogP contribution in [0.2, 0.25) is 0 Å². The summed E-state index contributed by atoms with van der Waals surface area (Å²) in [4.78, 5) is 23.2. The second-order valence-corrected chi connectivity index (χ2v) is 5.18. The number of nitrogens with zero attached hydrogens (tertiary/aromatic N) is 1. The number of aryl methyl sites for hydroxylation is 1. The molecule has 1 heterocycles. The molecule has 0 bridgehead atoms. The smallest absolute Gasteiger partial charge is 0.326 e. The Morgan fingerprint density at radius 2 is 2.05 bits per heavy atom. The first-order chi connectivity index (χ1) is 10.0. The zero-order valence-electron chi connectivity index (χ0n) is 12.3. The highest BCUT2D eigenvalue weighted by molar-refractivity contribution is 5.86. The minimum atomic E-state index is -0.987. The van der Waals surface area contributed by atoms with Crippen molar-refractivity contribution in [2.45, 2.75) is 39.3 Å². The van der Waals surface area contributed by atoms with Gasteiger partial charge in [0, 0.05) is 11.2 Å². The minimum absolute atomic E-state index is 0.132. The molecule has 21 heavy (non-hydrogen) atoms. The third kappa shape index (κ3) is 3.42. The molecule has 0 aliphatic carbocycles. The quantitative estimate of drug-likeness (QED) is 0.857. The van der Waals surface area contributed by atoms with E-state index in [1.807, 2.05) is 48.7 Å². The minimum Gasteiger partial charge on any atom is -0.480 e. The predicted molar refractivity (Wildman–Crippen MR) is 81.1 cm³/mol. The van der Waals surface area contributed by atoms with Crippen LogP contribution < -0.4 is 5.32 Å². The zero-order valence-corrected chi connectivity index (χ0v) is 12.3. The van der Waals surface area contributed by atoms with Crippen LogP contribution in [0.25, 0.3) is 10.9 Å². The molecule has 0 spiro atoms. The van der Waals surface area contributed by atoms with E-state index in [4.69, 9.17) is 5.11 Å². The van der Waals surface area contributed by atoms with Crippen LogP contribution in [0.15, 0.2) is 30.3 Å². The zero-order chi connectivity index (χ0) is 15.4. The second-order valence-electron chi connectivity index (χ2n) is 5.18. The van der Waals surface area contributed by atoms with Gasteiger partial charge in [-0.15, -0.1) is 0 Å². The van der Waals surface area contributed by atoms with Crippen molar-refractivity contribution in [2.24, 2.45) is 0 Å². The van der Waals surface area contributed by atoms with Crippen molar-refractivity contribution in [1.29, 1.82) is 0 Å². The van der Waals surface area contributed by atoms with Crippen LogP contribution >= 0.6 is 0 Å². The fourth-order valence-electron chi connectivity index (χ4n) is 2.49. The van der Waals surface area contributed by atoms with Crippen molar-refractivity contribution in [3.63, 3.8) is 0 Å². The van der Waals surface area contributed by atoms with Crippen molar-refractivity contribution >= 4 is 22.8 Å². The summed E-state index contributed by atoms with van der Waals surface area (Å²) in [7, 11) is 0. The fraction of sp³-hybridized carbons (Fsp3) is 0.375. The number of nitrogens with one attached hydrogen (secondary N) is 1. The Balaban J connectivity index is 2.14.